The topological polar surface area (TPSA) is 43.4 Å². The lowest BCUT2D eigenvalue weighted by Gasteiger charge is -2.13. The van der Waals surface area contributed by atoms with Crippen molar-refractivity contribution in [2.45, 2.75) is 66.2 Å². The number of hydrogen-bond acceptors (Lipinski definition) is 3. The monoisotopic (exact) mass is 356 g/mol. The molecule has 3 heteroatoms. The van der Waals surface area contributed by atoms with E-state index in [4.69, 9.17) is 4.74 Å². The third kappa shape index (κ3) is 7.81. The fraction of sp³-hybridized carbons (Fsp3) is 0.478. The summed E-state index contributed by atoms with van der Waals surface area (Å²) < 4.78 is 4.99. The number of ketones is 1. The van der Waals surface area contributed by atoms with Crippen LogP contribution >= 0.6 is 0 Å². The van der Waals surface area contributed by atoms with E-state index in [1.165, 1.54) is 17.2 Å². The Kier molecular flexibility index (Phi) is 10.3. The first-order valence-electron chi connectivity index (χ1n) is 9.71. The van der Waals surface area contributed by atoms with E-state index in [-0.39, 0.29) is 11.8 Å². The quantitative estimate of drug-likeness (QED) is 0.385. The first-order valence-corrected chi connectivity index (χ1v) is 9.71. The van der Waals surface area contributed by atoms with Crippen LogP contribution in [0.1, 0.15) is 75.6 Å². The molecular weight excluding hydrogens is 324 g/mol. The minimum absolute atomic E-state index is 0.0489. The number of aryl methyl sites for hydroxylation is 2. The Morgan fingerprint density at radius 3 is 1.81 bits per heavy atom. The number of unbranched alkanes of at least 4 members (excludes halogenated alkanes) is 2. The molecule has 3 nitrogen and oxygen atoms in total. The number of carbonyl (C=O) groups is 2. The van der Waals surface area contributed by atoms with E-state index in [1.54, 1.807) is 19.9 Å². The molecule has 0 atom stereocenters. The van der Waals surface area contributed by atoms with Crippen LogP contribution in [0.2, 0.25) is 0 Å². The van der Waals surface area contributed by atoms with Gasteiger partial charge in [0.2, 0.25) is 0 Å². The fourth-order valence-corrected chi connectivity index (χ4v) is 2.76. The maximum atomic E-state index is 11.7. The number of allylic oxidation sites excluding steroid dienone is 1. The van der Waals surface area contributed by atoms with E-state index < -0.39 is 0 Å². The molecule has 0 amide bonds. The molecule has 0 saturated carbocycles. The summed E-state index contributed by atoms with van der Waals surface area (Å²) in [4.78, 5) is 23.0. The highest BCUT2D eigenvalue weighted by Crippen LogP contribution is 2.23. The van der Waals surface area contributed by atoms with Crippen LogP contribution in [0.3, 0.4) is 0 Å². The van der Waals surface area contributed by atoms with Gasteiger partial charge in [0, 0.05) is 6.08 Å². The molecule has 1 aromatic carbocycles. The molecule has 0 N–H and O–H groups in total. The number of benzene rings is 1. The molecule has 0 spiro atoms. The van der Waals surface area contributed by atoms with Gasteiger partial charge in [-0.3, -0.25) is 4.79 Å². The van der Waals surface area contributed by atoms with Crippen molar-refractivity contribution >= 4 is 23.9 Å². The molecule has 0 bridgehead atoms. The molecule has 0 aliphatic heterocycles. The Morgan fingerprint density at radius 2 is 1.38 bits per heavy atom. The van der Waals surface area contributed by atoms with Gasteiger partial charge in [0.25, 0.3) is 0 Å². The third-order valence-corrected chi connectivity index (χ3v) is 4.18. The minimum Gasteiger partial charge on any atom is -0.463 e. The van der Waals surface area contributed by atoms with E-state index in [0.717, 1.165) is 49.7 Å². The summed E-state index contributed by atoms with van der Waals surface area (Å²) in [5.41, 5.74) is 4.59. The second-order valence-electron chi connectivity index (χ2n) is 6.49. The van der Waals surface area contributed by atoms with E-state index in [9.17, 15) is 9.59 Å². The molecule has 1 rings (SSSR count). The highest BCUT2D eigenvalue weighted by Gasteiger charge is 2.08. The van der Waals surface area contributed by atoms with Crippen LogP contribution in [0.5, 0.6) is 0 Å². The summed E-state index contributed by atoms with van der Waals surface area (Å²) in [6.45, 7) is 8.08. The molecule has 0 aromatic heterocycles. The molecule has 0 saturated heterocycles. The van der Waals surface area contributed by atoms with Crippen LogP contribution in [0, 0.1) is 0 Å². The van der Waals surface area contributed by atoms with Gasteiger partial charge in [-0.05, 0) is 73.9 Å². The van der Waals surface area contributed by atoms with Crippen LogP contribution < -0.4 is 0 Å². The summed E-state index contributed by atoms with van der Waals surface area (Å²) in [7, 11) is 0. The lowest BCUT2D eigenvalue weighted by atomic mass is 9.92. The van der Waals surface area contributed by atoms with E-state index >= 15 is 0 Å². The molecule has 0 unspecified atom stereocenters. The second-order valence-corrected chi connectivity index (χ2v) is 6.49. The zero-order chi connectivity index (χ0) is 19.4. The molecule has 0 aliphatic carbocycles. The number of esters is 1. The van der Waals surface area contributed by atoms with Gasteiger partial charge in [-0.2, -0.15) is 0 Å². The highest BCUT2D eigenvalue weighted by molar-refractivity contribution is 5.92. The predicted molar refractivity (Wildman–Crippen MR) is 109 cm³/mol. The van der Waals surface area contributed by atoms with Crippen molar-refractivity contribution in [3.05, 3.63) is 46.5 Å². The van der Waals surface area contributed by atoms with Crippen LogP contribution in [-0.4, -0.2) is 18.4 Å². The zero-order valence-corrected chi connectivity index (χ0v) is 16.6. The summed E-state index contributed by atoms with van der Waals surface area (Å²) in [6.07, 6.45) is 13.2. The molecule has 26 heavy (non-hydrogen) atoms. The summed E-state index contributed by atoms with van der Waals surface area (Å²) in [5.74, 6) is -0.266. The SMILES string of the molecule is CCCCc1cc(/C=C/C(=O)OCC)c(CCCC)cc1/C=C/C(C)=O. The maximum absolute atomic E-state index is 11.7. The van der Waals surface area contributed by atoms with E-state index in [0.29, 0.717) is 6.61 Å². The summed E-state index contributed by atoms with van der Waals surface area (Å²) >= 11 is 0. The lowest BCUT2D eigenvalue weighted by molar-refractivity contribution is -0.137. The Labute approximate surface area is 158 Å². The lowest BCUT2D eigenvalue weighted by Crippen LogP contribution is -2.00. The second kappa shape index (κ2) is 12.2. The van der Waals surface area contributed by atoms with Crippen molar-refractivity contribution in [3.63, 3.8) is 0 Å². The number of rotatable bonds is 11. The molecule has 0 heterocycles. The number of ether oxygens (including phenoxy) is 1. The third-order valence-electron chi connectivity index (χ3n) is 4.18. The van der Waals surface area contributed by atoms with Gasteiger partial charge in [0.05, 0.1) is 6.61 Å². The Morgan fingerprint density at radius 1 is 0.885 bits per heavy atom. The van der Waals surface area contributed by atoms with Crippen LogP contribution in [0.4, 0.5) is 0 Å². The van der Waals surface area contributed by atoms with Crippen molar-refractivity contribution in [3.8, 4) is 0 Å². The van der Waals surface area contributed by atoms with Crippen molar-refractivity contribution < 1.29 is 14.3 Å². The van der Waals surface area contributed by atoms with Gasteiger partial charge in [-0.15, -0.1) is 0 Å². The van der Waals surface area contributed by atoms with Crippen molar-refractivity contribution in [2.24, 2.45) is 0 Å². The molecular formula is C23H32O3. The van der Waals surface area contributed by atoms with Crippen LogP contribution in [0.25, 0.3) is 12.2 Å². The van der Waals surface area contributed by atoms with Gasteiger partial charge in [0.15, 0.2) is 5.78 Å². The van der Waals surface area contributed by atoms with Crippen molar-refractivity contribution in [1.29, 1.82) is 0 Å². The van der Waals surface area contributed by atoms with Gasteiger partial charge in [0.1, 0.15) is 0 Å². The van der Waals surface area contributed by atoms with E-state index in [1.807, 2.05) is 12.2 Å². The Balaban J connectivity index is 3.30. The fourth-order valence-electron chi connectivity index (χ4n) is 2.76. The van der Waals surface area contributed by atoms with Crippen LogP contribution in [0.15, 0.2) is 24.3 Å². The smallest absolute Gasteiger partial charge is 0.330 e. The normalized spacial score (nSPS) is 11.4. The highest BCUT2D eigenvalue weighted by atomic mass is 16.5. The van der Waals surface area contributed by atoms with Gasteiger partial charge in [-0.1, -0.05) is 44.9 Å². The summed E-state index contributed by atoms with van der Waals surface area (Å²) in [6, 6.07) is 4.33. The molecule has 142 valence electrons. The molecule has 0 radical (unpaired) electrons. The minimum atomic E-state index is -0.315. The summed E-state index contributed by atoms with van der Waals surface area (Å²) in [5, 5.41) is 0. The van der Waals surface area contributed by atoms with Gasteiger partial charge >= 0.3 is 5.97 Å². The van der Waals surface area contributed by atoms with Gasteiger partial charge in [-0.25, -0.2) is 4.79 Å². The average Bonchev–Trinajstić information content (AvgIpc) is 2.62. The molecule has 0 fully saturated rings. The largest absolute Gasteiger partial charge is 0.463 e. The molecule has 1 aromatic rings. The number of carbonyl (C=O) groups excluding carboxylic acids is 2. The van der Waals surface area contributed by atoms with Gasteiger partial charge < -0.3 is 4.74 Å². The maximum Gasteiger partial charge on any atom is 0.330 e. The standard InChI is InChI=1S/C23H32O3/c1-5-8-10-19-17-22(14-15-23(25)26-7-3)20(11-9-6-2)16-21(19)13-12-18(4)24/h12-17H,5-11H2,1-4H3/b13-12+,15-14+. The number of hydrogen-bond donors (Lipinski definition) is 0. The Hall–Kier alpha value is -2.16. The average molecular weight is 357 g/mol. The van der Waals surface area contributed by atoms with Crippen molar-refractivity contribution in [1.82, 2.24) is 0 Å². The molecule has 0 aliphatic rings. The first kappa shape index (κ1) is 21.9. The Bertz CT molecular complexity index is 654. The van der Waals surface area contributed by atoms with Crippen molar-refractivity contribution in [2.75, 3.05) is 6.61 Å². The van der Waals surface area contributed by atoms with E-state index in [2.05, 4.69) is 26.0 Å². The zero-order valence-electron chi connectivity index (χ0n) is 16.6. The predicted octanol–water partition coefficient (Wildman–Crippen LogP) is 5.55. The first-order chi connectivity index (χ1) is 12.5. The van der Waals surface area contributed by atoms with Crippen LogP contribution in [-0.2, 0) is 27.2 Å².